The Balaban J connectivity index is 2.37. The Bertz CT molecular complexity index is 394. The van der Waals surface area contributed by atoms with Gasteiger partial charge in [0.15, 0.2) is 0 Å². The van der Waals surface area contributed by atoms with Gasteiger partial charge in [-0.2, -0.15) is 0 Å². The smallest absolute Gasteiger partial charge is 0.146 e. The van der Waals surface area contributed by atoms with Crippen LogP contribution in [0.3, 0.4) is 0 Å². The molecule has 0 N–H and O–H groups in total. The van der Waals surface area contributed by atoms with Gasteiger partial charge in [-0.3, -0.25) is 0 Å². The molecule has 3 heteroatoms. The van der Waals surface area contributed by atoms with Gasteiger partial charge in [0, 0.05) is 18.5 Å². The van der Waals surface area contributed by atoms with Crippen LogP contribution in [-0.4, -0.2) is 12.6 Å². The van der Waals surface area contributed by atoms with E-state index < -0.39 is 0 Å². The molecular weight excluding hydrogens is 249 g/mol. The molecule has 1 atom stereocenters. The predicted octanol–water partition coefficient (Wildman–Crippen LogP) is 4.72. The van der Waals surface area contributed by atoms with Crippen LogP contribution < -0.4 is 4.90 Å². The van der Waals surface area contributed by atoms with Gasteiger partial charge in [-0.05, 0) is 30.9 Å². The fourth-order valence-electron chi connectivity index (χ4n) is 2.89. The molecule has 0 aromatic heterocycles. The Labute approximate surface area is 114 Å². The van der Waals surface area contributed by atoms with E-state index in [0.29, 0.717) is 11.9 Å². The van der Waals surface area contributed by atoms with E-state index in [0.717, 1.165) is 37.1 Å². The maximum atomic E-state index is 14.2. The molecular formula is C15H21ClFN. The molecule has 1 aliphatic rings. The van der Waals surface area contributed by atoms with E-state index in [1.807, 2.05) is 6.07 Å². The zero-order valence-corrected chi connectivity index (χ0v) is 11.7. The van der Waals surface area contributed by atoms with Gasteiger partial charge in [0.05, 0.1) is 5.69 Å². The highest BCUT2D eigenvalue weighted by molar-refractivity contribution is 6.17. The van der Waals surface area contributed by atoms with Crippen molar-refractivity contribution in [3.8, 4) is 0 Å². The van der Waals surface area contributed by atoms with Crippen LogP contribution in [0.25, 0.3) is 0 Å². The number of halogens is 2. The summed E-state index contributed by atoms with van der Waals surface area (Å²) in [5.74, 6) is 0.244. The molecule has 1 aliphatic heterocycles. The van der Waals surface area contributed by atoms with Crippen LogP contribution in [0, 0.1) is 5.82 Å². The zero-order chi connectivity index (χ0) is 13.0. The first kappa shape index (κ1) is 13.7. The van der Waals surface area contributed by atoms with E-state index in [1.165, 1.54) is 12.8 Å². The van der Waals surface area contributed by atoms with Crippen molar-refractivity contribution >= 4 is 17.3 Å². The van der Waals surface area contributed by atoms with Crippen molar-refractivity contribution in [3.05, 3.63) is 29.6 Å². The van der Waals surface area contributed by atoms with Gasteiger partial charge in [-0.25, -0.2) is 4.39 Å². The molecule has 2 rings (SSSR count). The van der Waals surface area contributed by atoms with E-state index in [4.69, 9.17) is 11.6 Å². The van der Waals surface area contributed by atoms with Crippen molar-refractivity contribution in [2.45, 2.75) is 50.9 Å². The standard InChI is InChI=1S/C15H21ClFN/c1-2-13-8-4-3-5-10-18(13)15-12(11-16)7-6-9-14(15)17/h6-7,9,13H,2-5,8,10-11H2,1H3. The second kappa shape index (κ2) is 6.42. The van der Waals surface area contributed by atoms with Crippen molar-refractivity contribution in [3.63, 3.8) is 0 Å². The lowest BCUT2D eigenvalue weighted by Gasteiger charge is -2.33. The molecule has 0 spiro atoms. The first-order valence-electron chi connectivity index (χ1n) is 6.88. The highest BCUT2D eigenvalue weighted by Crippen LogP contribution is 2.31. The molecule has 1 aromatic rings. The summed E-state index contributed by atoms with van der Waals surface area (Å²) < 4.78 is 14.2. The average molecular weight is 270 g/mol. The van der Waals surface area contributed by atoms with E-state index >= 15 is 0 Å². The topological polar surface area (TPSA) is 3.24 Å². The summed E-state index contributed by atoms with van der Waals surface area (Å²) in [6.07, 6.45) is 5.87. The molecule has 1 saturated heterocycles. The van der Waals surface area contributed by atoms with Crippen LogP contribution in [-0.2, 0) is 5.88 Å². The molecule has 1 nitrogen and oxygen atoms in total. The van der Waals surface area contributed by atoms with E-state index in [-0.39, 0.29) is 5.82 Å². The number of rotatable bonds is 3. The van der Waals surface area contributed by atoms with E-state index in [2.05, 4.69) is 11.8 Å². The van der Waals surface area contributed by atoms with Crippen LogP contribution >= 0.6 is 11.6 Å². The predicted molar refractivity (Wildman–Crippen MR) is 75.9 cm³/mol. The molecule has 0 bridgehead atoms. The number of anilines is 1. The molecule has 0 amide bonds. The summed E-state index contributed by atoms with van der Waals surface area (Å²) in [4.78, 5) is 2.25. The van der Waals surface area contributed by atoms with E-state index in [1.54, 1.807) is 12.1 Å². The minimum absolute atomic E-state index is 0.131. The Morgan fingerprint density at radius 3 is 2.89 bits per heavy atom. The van der Waals surface area contributed by atoms with Crippen LogP contribution in [0.4, 0.5) is 10.1 Å². The van der Waals surface area contributed by atoms with Crippen LogP contribution in [0.15, 0.2) is 18.2 Å². The third kappa shape index (κ3) is 2.80. The van der Waals surface area contributed by atoms with Crippen LogP contribution in [0.1, 0.15) is 44.6 Å². The number of nitrogens with zero attached hydrogens (tertiary/aromatic N) is 1. The highest BCUT2D eigenvalue weighted by Gasteiger charge is 2.24. The van der Waals surface area contributed by atoms with Gasteiger partial charge in [-0.15, -0.1) is 11.6 Å². The maximum Gasteiger partial charge on any atom is 0.146 e. The second-order valence-corrected chi connectivity index (χ2v) is 5.25. The molecule has 1 heterocycles. The molecule has 1 unspecified atom stereocenters. The number of hydrogen-bond acceptors (Lipinski definition) is 1. The minimum Gasteiger partial charge on any atom is -0.366 e. The third-order valence-electron chi connectivity index (χ3n) is 3.85. The summed E-state index contributed by atoms with van der Waals surface area (Å²) in [5, 5.41) is 0. The summed E-state index contributed by atoms with van der Waals surface area (Å²) in [6.45, 7) is 3.13. The number of para-hydroxylation sites is 1. The molecule has 0 saturated carbocycles. The van der Waals surface area contributed by atoms with Gasteiger partial charge in [0.2, 0.25) is 0 Å². The Morgan fingerprint density at radius 2 is 2.17 bits per heavy atom. The van der Waals surface area contributed by atoms with Gasteiger partial charge < -0.3 is 4.90 Å². The van der Waals surface area contributed by atoms with Gasteiger partial charge in [0.1, 0.15) is 5.82 Å². The summed E-state index contributed by atoms with van der Waals surface area (Å²) in [5.41, 5.74) is 1.65. The largest absolute Gasteiger partial charge is 0.366 e. The average Bonchev–Trinajstić information content (AvgIpc) is 2.63. The summed E-state index contributed by atoms with van der Waals surface area (Å²) in [7, 11) is 0. The number of alkyl halides is 1. The van der Waals surface area contributed by atoms with Crippen molar-refractivity contribution in [2.75, 3.05) is 11.4 Å². The first-order valence-corrected chi connectivity index (χ1v) is 7.41. The monoisotopic (exact) mass is 269 g/mol. The van der Waals surface area contributed by atoms with Crippen LogP contribution in [0.5, 0.6) is 0 Å². The van der Waals surface area contributed by atoms with Gasteiger partial charge in [-0.1, -0.05) is 31.9 Å². The zero-order valence-electron chi connectivity index (χ0n) is 11.0. The number of hydrogen-bond donors (Lipinski definition) is 0. The van der Waals surface area contributed by atoms with E-state index in [9.17, 15) is 4.39 Å². The lowest BCUT2D eigenvalue weighted by atomic mass is 10.1. The fourth-order valence-corrected chi connectivity index (χ4v) is 3.10. The molecule has 1 fully saturated rings. The van der Waals surface area contributed by atoms with Gasteiger partial charge >= 0.3 is 0 Å². The first-order chi connectivity index (χ1) is 8.77. The Morgan fingerprint density at radius 1 is 1.33 bits per heavy atom. The van der Waals surface area contributed by atoms with Crippen LogP contribution in [0.2, 0.25) is 0 Å². The summed E-state index contributed by atoms with van der Waals surface area (Å²) >= 11 is 5.96. The lowest BCUT2D eigenvalue weighted by Crippen LogP contribution is -2.35. The summed E-state index contributed by atoms with van der Waals surface area (Å²) in [6, 6.07) is 5.67. The quantitative estimate of drug-likeness (QED) is 0.718. The molecule has 18 heavy (non-hydrogen) atoms. The lowest BCUT2D eigenvalue weighted by molar-refractivity contribution is 0.538. The highest BCUT2D eigenvalue weighted by atomic mass is 35.5. The minimum atomic E-state index is -0.131. The molecule has 0 aliphatic carbocycles. The third-order valence-corrected chi connectivity index (χ3v) is 4.14. The van der Waals surface area contributed by atoms with Crippen molar-refractivity contribution in [1.82, 2.24) is 0 Å². The fraction of sp³-hybridized carbons (Fsp3) is 0.600. The maximum absolute atomic E-state index is 14.2. The van der Waals surface area contributed by atoms with Gasteiger partial charge in [0.25, 0.3) is 0 Å². The molecule has 100 valence electrons. The van der Waals surface area contributed by atoms with Crippen molar-refractivity contribution < 1.29 is 4.39 Å². The van der Waals surface area contributed by atoms with Crippen molar-refractivity contribution in [1.29, 1.82) is 0 Å². The second-order valence-electron chi connectivity index (χ2n) is 4.99. The Hall–Kier alpha value is -0.760. The molecule has 0 radical (unpaired) electrons. The SMILES string of the molecule is CCC1CCCCCN1c1c(F)cccc1CCl. The number of benzene rings is 1. The Kier molecular flexibility index (Phi) is 4.87. The normalized spacial score (nSPS) is 20.8. The molecule has 1 aromatic carbocycles. The van der Waals surface area contributed by atoms with Crippen molar-refractivity contribution in [2.24, 2.45) is 0 Å².